The number of ether oxygens (including phenoxy) is 2. The minimum absolute atomic E-state index is 0.00350. The second-order valence-electron chi connectivity index (χ2n) is 4.65. The summed E-state index contributed by atoms with van der Waals surface area (Å²) in [4.78, 5) is 25.1. The van der Waals surface area contributed by atoms with Crippen molar-refractivity contribution in [1.82, 2.24) is 4.90 Å². The summed E-state index contributed by atoms with van der Waals surface area (Å²) >= 11 is 0. The molecule has 1 aromatic rings. The third kappa shape index (κ3) is 5.81. The van der Waals surface area contributed by atoms with E-state index in [9.17, 15) is 14.0 Å². The van der Waals surface area contributed by atoms with Gasteiger partial charge in [-0.15, -0.1) is 0 Å². The van der Waals surface area contributed by atoms with Crippen molar-refractivity contribution in [3.63, 3.8) is 0 Å². The van der Waals surface area contributed by atoms with Gasteiger partial charge in [-0.25, -0.2) is 4.39 Å². The van der Waals surface area contributed by atoms with Crippen LogP contribution < -0.4 is 0 Å². The SMILES string of the molecule is CCOCCCN(CCC(=O)OC)C(=O)c1ccccc1F. The van der Waals surface area contributed by atoms with E-state index >= 15 is 0 Å². The maximum Gasteiger partial charge on any atom is 0.307 e. The average Bonchev–Trinajstić information content (AvgIpc) is 2.53. The Bertz CT molecular complexity index is 493. The largest absolute Gasteiger partial charge is 0.469 e. The van der Waals surface area contributed by atoms with Crippen molar-refractivity contribution in [3.05, 3.63) is 35.6 Å². The zero-order valence-electron chi connectivity index (χ0n) is 13.0. The van der Waals surface area contributed by atoms with Gasteiger partial charge in [0, 0.05) is 26.3 Å². The summed E-state index contributed by atoms with van der Waals surface area (Å²) in [7, 11) is 1.29. The van der Waals surface area contributed by atoms with Crippen molar-refractivity contribution in [1.29, 1.82) is 0 Å². The van der Waals surface area contributed by atoms with Gasteiger partial charge in [0.25, 0.3) is 5.91 Å². The zero-order chi connectivity index (χ0) is 16.4. The molecule has 0 aromatic heterocycles. The van der Waals surface area contributed by atoms with Crippen molar-refractivity contribution in [2.45, 2.75) is 19.8 Å². The minimum atomic E-state index is -0.569. The van der Waals surface area contributed by atoms with Gasteiger partial charge in [-0.2, -0.15) is 0 Å². The van der Waals surface area contributed by atoms with E-state index in [-0.39, 0.29) is 18.5 Å². The van der Waals surface area contributed by atoms with E-state index in [2.05, 4.69) is 4.74 Å². The molecular weight excluding hydrogens is 289 g/mol. The molecule has 1 amide bonds. The van der Waals surface area contributed by atoms with Crippen LogP contribution in [0.25, 0.3) is 0 Å². The van der Waals surface area contributed by atoms with E-state index < -0.39 is 17.7 Å². The Morgan fingerprint density at radius 2 is 1.95 bits per heavy atom. The molecule has 22 heavy (non-hydrogen) atoms. The van der Waals surface area contributed by atoms with Crippen LogP contribution in [0.1, 0.15) is 30.1 Å². The fourth-order valence-electron chi connectivity index (χ4n) is 1.95. The number of benzene rings is 1. The molecule has 0 spiro atoms. The van der Waals surface area contributed by atoms with Crippen LogP contribution in [-0.4, -0.2) is 50.2 Å². The topological polar surface area (TPSA) is 55.8 Å². The van der Waals surface area contributed by atoms with Gasteiger partial charge in [-0.3, -0.25) is 9.59 Å². The molecule has 1 aromatic carbocycles. The molecule has 122 valence electrons. The number of carbonyl (C=O) groups excluding carboxylic acids is 2. The van der Waals surface area contributed by atoms with E-state index in [4.69, 9.17) is 4.74 Å². The smallest absolute Gasteiger partial charge is 0.307 e. The monoisotopic (exact) mass is 311 g/mol. The molecule has 1 rings (SSSR count). The molecule has 5 nitrogen and oxygen atoms in total. The molecule has 0 aliphatic carbocycles. The van der Waals surface area contributed by atoms with Crippen molar-refractivity contribution < 1.29 is 23.5 Å². The van der Waals surface area contributed by atoms with Crippen LogP contribution in [-0.2, 0) is 14.3 Å². The Hall–Kier alpha value is -1.95. The molecular formula is C16H22FNO4. The molecule has 0 aliphatic rings. The van der Waals surface area contributed by atoms with Gasteiger partial charge < -0.3 is 14.4 Å². The lowest BCUT2D eigenvalue weighted by Gasteiger charge is -2.22. The lowest BCUT2D eigenvalue weighted by Crippen LogP contribution is -2.35. The Morgan fingerprint density at radius 3 is 2.59 bits per heavy atom. The van der Waals surface area contributed by atoms with Crippen LogP contribution in [0.5, 0.6) is 0 Å². The highest BCUT2D eigenvalue weighted by molar-refractivity contribution is 5.94. The lowest BCUT2D eigenvalue weighted by molar-refractivity contribution is -0.140. The number of nitrogens with zero attached hydrogens (tertiary/aromatic N) is 1. The third-order valence-electron chi connectivity index (χ3n) is 3.13. The first-order chi connectivity index (χ1) is 10.6. The summed E-state index contributed by atoms with van der Waals surface area (Å²) in [5.74, 6) is -1.41. The van der Waals surface area contributed by atoms with Gasteiger partial charge in [-0.05, 0) is 25.5 Å². The molecule has 0 N–H and O–H groups in total. The second kappa shape index (κ2) is 9.89. The summed E-state index contributed by atoms with van der Waals surface area (Å²) in [5.41, 5.74) is 0.00350. The number of carbonyl (C=O) groups is 2. The van der Waals surface area contributed by atoms with E-state index in [1.54, 1.807) is 6.07 Å². The van der Waals surface area contributed by atoms with Gasteiger partial charge in [0.1, 0.15) is 5.82 Å². The first-order valence-corrected chi connectivity index (χ1v) is 7.28. The number of methoxy groups -OCH3 is 1. The normalized spacial score (nSPS) is 10.3. The summed E-state index contributed by atoms with van der Waals surface area (Å²) in [5, 5.41) is 0. The zero-order valence-corrected chi connectivity index (χ0v) is 13.0. The maximum atomic E-state index is 13.7. The fraction of sp³-hybridized carbons (Fsp3) is 0.500. The van der Waals surface area contributed by atoms with Crippen LogP contribution in [0.4, 0.5) is 4.39 Å². The van der Waals surface area contributed by atoms with E-state index in [1.807, 2.05) is 6.92 Å². The summed E-state index contributed by atoms with van der Waals surface area (Å²) in [6, 6.07) is 5.81. The molecule has 0 unspecified atom stereocenters. The van der Waals surface area contributed by atoms with E-state index in [0.29, 0.717) is 26.2 Å². The molecule has 6 heteroatoms. The first kappa shape index (κ1) is 18.1. The van der Waals surface area contributed by atoms with Crippen molar-refractivity contribution in [2.75, 3.05) is 33.4 Å². The summed E-state index contributed by atoms with van der Waals surface area (Å²) < 4.78 is 23.6. The van der Waals surface area contributed by atoms with Gasteiger partial charge in [0.15, 0.2) is 0 Å². The van der Waals surface area contributed by atoms with Gasteiger partial charge >= 0.3 is 5.97 Å². The number of esters is 1. The predicted molar refractivity (Wildman–Crippen MR) is 80.0 cm³/mol. The highest BCUT2D eigenvalue weighted by Crippen LogP contribution is 2.11. The third-order valence-corrected chi connectivity index (χ3v) is 3.13. The Balaban J connectivity index is 2.72. The van der Waals surface area contributed by atoms with Gasteiger partial charge in [0.05, 0.1) is 19.1 Å². The molecule has 0 heterocycles. The molecule has 0 radical (unpaired) electrons. The fourth-order valence-corrected chi connectivity index (χ4v) is 1.95. The highest BCUT2D eigenvalue weighted by Gasteiger charge is 2.19. The van der Waals surface area contributed by atoms with E-state index in [0.717, 1.165) is 0 Å². The van der Waals surface area contributed by atoms with Crippen LogP contribution in [0.2, 0.25) is 0 Å². The predicted octanol–water partition coefficient (Wildman–Crippen LogP) is 2.26. The Morgan fingerprint density at radius 1 is 1.23 bits per heavy atom. The standard InChI is InChI=1S/C16H22FNO4/c1-3-22-12-6-10-18(11-9-15(19)21-2)16(20)13-7-4-5-8-14(13)17/h4-5,7-8H,3,6,9-12H2,1-2H3. The summed E-state index contributed by atoms with van der Waals surface area (Å²) in [6.45, 7) is 3.58. The van der Waals surface area contributed by atoms with Crippen molar-refractivity contribution in [2.24, 2.45) is 0 Å². The van der Waals surface area contributed by atoms with Crippen LogP contribution in [0, 0.1) is 5.82 Å². The Kier molecular flexibility index (Phi) is 8.14. The number of halogens is 1. The molecule has 0 saturated heterocycles. The molecule has 0 aliphatic heterocycles. The molecule has 0 atom stereocenters. The number of amides is 1. The van der Waals surface area contributed by atoms with E-state index in [1.165, 1.54) is 30.2 Å². The first-order valence-electron chi connectivity index (χ1n) is 7.28. The average molecular weight is 311 g/mol. The second-order valence-corrected chi connectivity index (χ2v) is 4.65. The molecule has 0 bridgehead atoms. The summed E-state index contributed by atoms with van der Waals surface area (Å²) in [6.07, 6.45) is 0.695. The number of rotatable bonds is 9. The highest BCUT2D eigenvalue weighted by atomic mass is 19.1. The van der Waals surface area contributed by atoms with Crippen LogP contribution in [0.3, 0.4) is 0 Å². The number of hydrogen-bond acceptors (Lipinski definition) is 4. The number of hydrogen-bond donors (Lipinski definition) is 0. The van der Waals surface area contributed by atoms with Crippen molar-refractivity contribution >= 4 is 11.9 Å². The maximum absolute atomic E-state index is 13.7. The van der Waals surface area contributed by atoms with Crippen LogP contribution >= 0.6 is 0 Å². The Labute approximate surface area is 130 Å². The quantitative estimate of drug-likeness (QED) is 0.518. The van der Waals surface area contributed by atoms with Gasteiger partial charge in [-0.1, -0.05) is 12.1 Å². The van der Waals surface area contributed by atoms with Gasteiger partial charge in [0.2, 0.25) is 0 Å². The molecule has 0 saturated carbocycles. The van der Waals surface area contributed by atoms with Crippen LogP contribution in [0.15, 0.2) is 24.3 Å². The molecule has 0 fully saturated rings. The van der Waals surface area contributed by atoms with Crippen molar-refractivity contribution in [3.8, 4) is 0 Å². The minimum Gasteiger partial charge on any atom is -0.469 e. The lowest BCUT2D eigenvalue weighted by atomic mass is 10.1.